The monoisotopic (exact) mass is 536 g/mol. The lowest BCUT2D eigenvalue weighted by Gasteiger charge is -2.30. The number of carboxylic acids is 1. The quantitative estimate of drug-likeness (QED) is 0.266. The van der Waals surface area contributed by atoms with E-state index in [4.69, 9.17) is 9.47 Å². The van der Waals surface area contributed by atoms with Crippen LogP contribution in [0.1, 0.15) is 87.8 Å². The molecule has 0 aromatic heterocycles. The lowest BCUT2D eigenvalue weighted by molar-refractivity contribution is -0.137. The molecule has 39 heavy (non-hydrogen) atoms. The number of rotatable bonds is 11. The maximum Gasteiger partial charge on any atom is 0.303 e. The minimum absolute atomic E-state index is 0.00713. The van der Waals surface area contributed by atoms with Crippen LogP contribution in [0.4, 0.5) is 8.78 Å². The summed E-state index contributed by atoms with van der Waals surface area (Å²) < 4.78 is 42.0. The van der Waals surface area contributed by atoms with Crippen molar-refractivity contribution < 1.29 is 28.2 Å². The zero-order chi connectivity index (χ0) is 28.2. The van der Waals surface area contributed by atoms with Crippen molar-refractivity contribution in [3.05, 3.63) is 82.9 Å². The van der Waals surface area contributed by atoms with E-state index in [9.17, 15) is 9.90 Å². The number of hydrogen-bond donors (Lipinski definition) is 1. The summed E-state index contributed by atoms with van der Waals surface area (Å²) in [6.07, 6.45) is 4.73. The molecule has 0 unspecified atom stereocenters. The van der Waals surface area contributed by atoms with Gasteiger partial charge in [0.15, 0.2) is 0 Å². The molecule has 0 amide bonds. The first-order chi connectivity index (χ1) is 18.6. The fourth-order valence-electron chi connectivity index (χ4n) is 5.98. The number of methoxy groups -OCH3 is 1. The highest BCUT2D eigenvalue weighted by molar-refractivity contribution is 5.71. The highest BCUT2D eigenvalue weighted by atomic mass is 19.1. The Morgan fingerprint density at radius 3 is 2.51 bits per heavy atom. The Balaban J connectivity index is 1.68. The predicted octanol–water partition coefficient (Wildman–Crippen LogP) is 8.87. The normalized spacial score (nSPS) is 17.1. The van der Waals surface area contributed by atoms with Crippen LogP contribution in [0.15, 0.2) is 54.6 Å². The number of carboxylic acid groups (broad SMARTS) is 1. The molecule has 0 saturated heterocycles. The number of carbonyl (C=O) groups is 1. The summed E-state index contributed by atoms with van der Waals surface area (Å²) in [7, 11) is 1.53. The third kappa shape index (κ3) is 6.60. The first-order valence-corrected chi connectivity index (χ1v) is 13.7. The Morgan fingerprint density at radius 1 is 1.05 bits per heavy atom. The van der Waals surface area contributed by atoms with E-state index in [2.05, 4.69) is 13.8 Å². The number of hydrogen-bond acceptors (Lipinski definition) is 3. The largest absolute Gasteiger partial charge is 0.497 e. The maximum absolute atomic E-state index is 15.6. The van der Waals surface area contributed by atoms with E-state index >= 15 is 8.78 Å². The third-order valence-electron chi connectivity index (χ3n) is 8.10. The number of benzene rings is 3. The topological polar surface area (TPSA) is 55.8 Å². The van der Waals surface area contributed by atoms with Crippen molar-refractivity contribution >= 4 is 5.97 Å². The van der Waals surface area contributed by atoms with Gasteiger partial charge >= 0.3 is 5.97 Å². The van der Waals surface area contributed by atoms with Crippen molar-refractivity contribution in [3.8, 4) is 22.6 Å². The second-order valence-electron chi connectivity index (χ2n) is 11.3. The van der Waals surface area contributed by atoms with E-state index in [1.54, 1.807) is 18.2 Å². The SMILES string of the molecule is CCC[C@@H](CC(=O)O)c1cccc(OCc2cc([C@H]3CCCC3(C)C)c(-c3cc(OC)ccc3F)cc2F)c1. The molecule has 4 rings (SSSR count). The standard InChI is InChI=1S/C33H38F2O4/c1-5-8-21(17-32(36)37)22-9-6-10-25(15-22)39-20-23-16-27(29-11-7-14-33(29,2)3)26(19-31(23)35)28-18-24(38-4)12-13-30(28)34/h6,9-10,12-13,15-16,18-19,21,29H,5,7-8,11,14,17,20H2,1-4H3,(H,36,37)/t21-,29+/m0/s1. The van der Waals surface area contributed by atoms with E-state index in [-0.39, 0.29) is 30.3 Å². The third-order valence-corrected chi connectivity index (χ3v) is 8.10. The van der Waals surface area contributed by atoms with Gasteiger partial charge in [-0.25, -0.2) is 8.78 Å². The number of ether oxygens (including phenoxy) is 2. The van der Waals surface area contributed by atoms with Crippen molar-refractivity contribution in [2.24, 2.45) is 5.41 Å². The molecule has 1 fully saturated rings. The van der Waals surface area contributed by atoms with Gasteiger partial charge < -0.3 is 14.6 Å². The Labute approximate surface area is 230 Å². The van der Waals surface area contributed by atoms with Crippen LogP contribution < -0.4 is 9.47 Å². The predicted molar refractivity (Wildman–Crippen MR) is 149 cm³/mol. The molecule has 0 radical (unpaired) electrons. The first-order valence-electron chi connectivity index (χ1n) is 13.7. The van der Waals surface area contributed by atoms with Gasteiger partial charge in [-0.3, -0.25) is 4.79 Å². The lowest BCUT2D eigenvalue weighted by atomic mass is 9.75. The maximum atomic E-state index is 15.6. The fraction of sp³-hybridized carbons (Fsp3) is 0.424. The average molecular weight is 537 g/mol. The summed E-state index contributed by atoms with van der Waals surface area (Å²) in [5.74, 6) is -0.609. The zero-order valence-corrected chi connectivity index (χ0v) is 23.2. The van der Waals surface area contributed by atoms with E-state index < -0.39 is 17.6 Å². The van der Waals surface area contributed by atoms with E-state index in [1.807, 2.05) is 31.2 Å². The molecule has 1 saturated carbocycles. The van der Waals surface area contributed by atoms with Crippen LogP contribution in [-0.2, 0) is 11.4 Å². The molecular formula is C33H38F2O4. The fourth-order valence-corrected chi connectivity index (χ4v) is 5.98. The minimum Gasteiger partial charge on any atom is -0.497 e. The van der Waals surface area contributed by atoms with Crippen molar-refractivity contribution in [1.82, 2.24) is 0 Å². The zero-order valence-electron chi connectivity index (χ0n) is 23.2. The van der Waals surface area contributed by atoms with Crippen molar-refractivity contribution in [3.63, 3.8) is 0 Å². The summed E-state index contributed by atoms with van der Waals surface area (Å²) >= 11 is 0. The van der Waals surface area contributed by atoms with Gasteiger partial charge in [-0.1, -0.05) is 45.7 Å². The molecule has 0 bridgehead atoms. The van der Waals surface area contributed by atoms with Gasteiger partial charge in [0.2, 0.25) is 0 Å². The van der Waals surface area contributed by atoms with Crippen LogP contribution >= 0.6 is 0 Å². The van der Waals surface area contributed by atoms with Gasteiger partial charge in [0, 0.05) is 11.1 Å². The smallest absolute Gasteiger partial charge is 0.303 e. The molecule has 6 heteroatoms. The summed E-state index contributed by atoms with van der Waals surface area (Å²) in [5, 5.41) is 9.32. The molecular weight excluding hydrogens is 498 g/mol. The molecule has 1 aliphatic rings. The lowest BCUT2D eigenvalue weighted by Crippen LogP contribution is -2.17. The second-order valence-corrected chi connectivity index (χ2v) is 11.3. The first kappa shape index (κ1) is 28.6. The van der Waals surface area contributed by atoms with Crippen molar-refractivity contribution in [2.45, 2.75) is 77.7 Å². The minimum atomic E-state index is -0.836. The van der Waals surface area contributed by atoms with Gasteiger partial charge in [0.1, 0.15) is 29.7 Å². The molecule has 0 spiro atoms. The van der Waals surface area contributed by atoms with Gasteiger partial charge in [-0.15, -0.1) is 0 Å². The number of aliphatic carboxylic acids is 1. The Kier molecular flexibility index (Phi) is 8.94. The van der Waals surface area contributed by atoms with E-state index in [1.165, 1.54) is 19.2 Å². The van der Waals surface area contributed by atoms with E-state index in [0.29, 0.717) is 28.2 Å². The van der Waals surface area contributed by atoms with Gasteiger partial charge in [0.05, 0.1) is 13.5 Å². The molecule has 3 aromatic carbocycles. The van der Waals surface area contributed by atoms with Gasteiger partial charge in [-0.05, 0) is 95.7 Å². The summed E-state index contributed by atoms with van der Waals surface area (Å²) in [5.41, 5.74) is 3.09. The molecule has 0 heterocycles. The Morgan fingerprint density at radius 2 is 1.85 bits per heavy atom. The molecule has 0 aliphatic heterocycles. The highest BCUT2D eigenvalue weighted by Crippen LogP contribution is 2.51. The summed E-state index contributed by atoms with van der Waals surface area (Å²) in [4.78, 5) is 11.4. The van der Waals surface area contributed by atoms with E-state index in [0.717, 1.165) is 43.2 Å². The van der Waals surface area contributed by atoms with Crippen LogP contribution in [0, 0.1) is 17.0 Å². The molecule has 208 valence electrons. The average Bonchev–Trinajstić information content (AvgIpc) is 3.26. The van der Waals surface area contributed by atoms with Gasteiger partial charge in [0.25, 0.3) is 0 Å². The van der Waals surface area contributed by atoms with Crippen LogP contribution in [0.25, 0.3) is 11.1 Å². The van der Waals surface area contributed by atoms with Gasteiger partial charge in [-0.2, -0.15) is 0 Å². The highest BCUT2D eigenvalue weighted by Gasteiger charge is 2.37. The number of halogens is 2. The van der Waals surface area contributed by atoms with Crippen LogP contribution in [0.3, 0.4) is 0 Å². The van der Waals surface area contributed by atoms with Crippen molar-refractivity contribution in [2.75, 3.05) is 7.11 Å². The summed E-state index contributed by atoms with van der Waals surface area (Å²) in [6, 6.07) is 15.2. The Bertz CT molecular complexity index is 1320. The Hall–Kier alpha value is -3.41. The van der Waals surface area contributed by atoms with Crippen molar-refractivity contribution in [1.29, 1.82) is 0 Å². The van der Waals surface area contributed by atoms with Crippen LogP contribution in [0.2, 0.25) is 0 Å². The molecule has 2 atom stereocenters. The molecule has 3 aromatic rings. The molecule has 1 N–H and O–H groups in total. The second kappa shape index (κ2) is 12.2. The van der Waals surface area contributed by atoms with Crippen LogP contribution in [-0.4, -0.2) is 18.2 Å². The van der Waals surface area contributed by atoms with Crippen LogP contribution in [0.5, 0.6) is 11.5 Å². The summed E-state index contributed by atoms with van der Waals surface area (Å²) in [6.45, 7) is 6.46. The molecule has 1 aliphatic carbocycles. The molecule has 4 nitrogen and oxygen atoms in total.